The van der Waals surface area contributed by atoms with Crippen LogP contribution in [0, 0.1) is 0 Å². The molecular weight excluding hydrogens is 376 g/mol. The minimum absolute atomic E-state index is 0.0317. The Morgan fingerprint density at radius 3 is 2.72 bits per heavy atom. The number of hydrogen-bond donors (Lipinski definition) is 0. The summed E-state index contributed by atoms with van der Waals surface area (Å²) in [5.74, 6) is 1.00. The second-order valence-electron chi connectivity index (χ2n) is 8.84. The van der Waals surface area contributed by atoms with Crippen molar-refractivity contribution in [2.24, 2.45) is 0 Å². The third-order valence-electron chi connectivity index (χ3n) is 6.43. The Hall–Kier alpha value is -1.81. The molecule has 0 bridgehead atoms. The second-order valence-corrected chi connectivity index (χ2v) is 9.91. The van der Waals surface area contributed by atoms with Crippen LogP contribution in [0.2, 0.25) is 0 Å². The Kier molecular flexibility index (Phi) is 6.00. The molecule has 2 aromatic rings. The average Bonchev–Trinajstić information content (AvgIpc) is 3.16. The Bertz CT molecular complexity index is 969. The van der Waals surface area contributed by atoms with Crippen LogP contribution in [0.25, 0.3) is 11.3 Å². The number of unbranched alkanes of at least 4 members (excludes halogenated alkanes) is 2. The maximum Gasteiger partial charge on any atom is 0.258 e. The lowest BCUT2D eigenvalue weighted by atomic mass is 9.68. The Labute approximate surface area is 178 Å². The minimum atomic E-state index is -0.0317. The van der Waals surface area contributed by atoms with Gasteiger partial charge in [-0.05, 0) is 38.2 Å². The van der Waals surface area contributed by atoms with E-state index in [0.29, 0.717) is 6.54 Å². The van der Waals surface area contributed by atoms with Crippen LogP contribution >= 0.6 is 11.8 Å². The molecule has 1 aromatic heterocycles. The van der Waals surface area contributed by atoms with Gasteiger partial charge in [0.1, 0.15) is 0 Å². The van der Waals surface area contributed by atoms with Crippen LogP contribution < -0.4 is 5.56 Å². The van der Waals surface area contributed by atoms with E-state index in [1.165, 1.54) is 31.2 Å². The van der Waals surface area contributed by atoms with Gasteiger partial charge in [0.15, 0.2) is 5.16 Å². The quantitative estimate of drug-likeness (QED) is 0.239. The maximum absolute atomic E-state index is 13.9. The van der Waals surface area contributed by atoms with Gasteiger partial charge in [-0.1, -0.05) is 80.8 Å². The fraction of sp³-hybridized carbons (Fsp3) is 0.520. The molecule has 4 rings (SSSR count). The van der Waals surface area contributed by atoms with Crippen molar-refractivity contribution < 1.29 is 0 Å². The van der Waals surface area contributed by atoms with Crippen molar-refractivity contribution in [1.82, 2.24) is 9.55 Å². The molecule has 4 heteroatoms. The summed E-state index contributed by atoms with van der Waals surface area (Å²) in [6, 6.07) is 8.57. The topological polar surface area (TPSA) is 34.9 Å². The lowest BCUT2D eigenvalue weighted by molar-refractivity contribution is 0.417. The zero-order chi connectivity index (χ0) is 20.4. The van der Waals surface area contributed by atoms with E-state index in [0.717, 1.165) is 59.0 Å². The lowest BCUT2D eigenvalue weighted by Crippen LogP contribution is -2.40. The first kappa shape index (κ1) is 20.5. The van der Waals surface area contributed by atoms with Crippen molar-refractivity contribution in [3.63, 3.8) is 0 Å². The number of aromatic nitrogens is 2. The summed E-state index contributed by atoms with van der Waals surface area (Å²) in [6.07, 6.45) is 9.15. The zero-order valence-corrected chi connectivity index (χ0v) is 18.6. The van der Waals surface area contributed by atoms with E-state index in [1.807, 2.05) is 11.5 Å². The minimum Gasteiger partial charge on any atom is -0.283 e. The fourth-order valence-corrected chi connectivity index (χ4v) is 6.07. The van der Waals surface area contributed by atoms with Crippen molar-refractivity contribution in [1.29, 1.82) is 0 Å². The molecule has 1 spiro atoms. The molecule has 0 aliphatic heterocycles. The molecule has 2 aliphatic rings. The van der Waals surface area contributed by atoms with Gasteiger partial charge in [0, 0.05) is 23.3 Å². The summed E-state index contributed by atoms with van der Waals surface area (Å²) < 4.78 is 1.91. The van der Waals surface area contributed by atoms with Crippen LogP contribution in [0.1, 0.15) is 69.9 Å². The molecule has 0 saturated heterocycles. The third-order valence-corrected chi connectivity index (χ3v) is 7.50. The van der Waals surface area contributed by atoms with Crippen molar-refractivity contribution >= 4 is 11.8 Å². The van der Waals surface area contributed by atoms with E-state index < -0.39 is 0 Å². The summed E-state index contributed by atoms with van der Waals surface area (Å²) in [5, 5.41) is 0.859. The fourth-order valence-electron chi connectivity index (χ4n) is 5.08. The predicted molar refractivity (Wildman–Crippen MR) is 123 cm³/mol. The normalized spacial score (nSPS) is 16.6. The van der Waals surface area contributed by atoms with Crippen molar-refractivity contribution in [2.75, 3.05) is 5.75 Å². The lowest BCUT2D eigenvalue weighted by Gasteiger charge is -2.36. The SMILES string of the molecule is C=C(C)Cn1c(SCCCCC)nc2c(c1=O)C1(CCCC1)Cc1ccccc1-2. The predicted octanol–water partition coefficient (Wildman–Crippen LogP) is 6.14. The Morgan fingerprint density at radius 1 is 1.24 bits per heavy atom. The van der Waals surface area contributed by atoms with Gasteiger partial charge in [-0.2, -0.15) is 0 Å². The van der Waals surface area contributed by atoms with Crippen LogP contribution in [-0.4, -0.2) is 15.3 Å². The Morgan fingerprint density at radius 2 is 2.00 bits per heavy atom. The summed E-state index contributed by atoms with van der Waals surface area (Å²) in [5.41, 5.74) is 5.59. The van der Waals surface area contributed by atoms with Gasteiger partial charge in [-0.25, -0.2) is 4.98 Å². The van der Waals surface area contributed by atoms with Crippen molar-refractivity contribution in [2.45, 2.75) is 82.3 Å². The zero-order valence-electron chi connectivity index (χ0n) is 17.8. The van der Waals surface area contributed by atoms with Gasteiger partial charge in [-0.3, -0.25) is 9.36 Å². The third kappa shape index (κ3) is 3.84. The van der Waals surface area contributed by atoms with E-state index in [1.54, 1.807) is 11.8 Å². The number of allylic oxidation sites excluding steroid dienone is 1. The van der Waals surface area contributed by atoms with Gasteiger partial charge < -0.3 is 0 Å². The first-order valence-electron chi connectivity index (χ1n) is 11.1. The standard InChI is InChI=1S/C25H32N2OS/c1-4-5-10-15-29-24-26-22-20-12-7-6-11-19(20)16-25(13-8-9-14-25)21(22)23(28)27(24)17-18(2)3/h6-7,11-12H,2,4-5,8-10,13-17H2,1,3H3. The van der Waals surface area contributed by atoms with E-state index in [9.17, 15) is 4.79 Å². The van der Waals surface area contributed by atoms with Crippen LogP contribution in [-0.2, 0) is 18.4 Å². The molecule has 154 valence electrons. The molecular formula is C25H32N2OS. The van der Waals surface area contributed by atoms with Gasteiger partial charge in [-0.15, -0.1) is 0 Å². The number of thioether (sulfide) groups is 1. The molecule has 0 atom stereocenters. The number of nitrogens with zero attached hydrogens (tertiary/aromatic N) is 2. The molecule has 1 aromatic carbocycles. The summed E-state index contributed by atoms with van der Waals surface area (Å²) in [6.45, 7) is 8.86. The molecule has 2 aliphatic carbocycles. The molecule has 1 heterocycles. The van der Waals surface area contributed by atoms with Crippen LogP contribution in [0.15, 0.2) is 46.4 Å². The van der Waals surface area contributed by atoms with E-state index in [2.05, 4.69) is 37.8 Å². The highest BCUT2D eigenvalue weighted by atomic mass is 32.2. The molecule has 1 fully saturated rings. The van der Waals surface area contributed by atoms with Gasteiger partial charge in [0.25, 0.3) is 5.56 Å². The smallest absolute Gasteiger partial charge is 0.258 e. The highest BCUT2D eigenvalue weighted by molar-refractivity contribution is 7.99. The molecule has 0 unspecified atom stereocenters. The average molecular weight is 409 g/mol. The van der Waals surface area contributed by atoms with E-state index in [4.69, 9.17) is 4.98 Å². The maximum atomic E-state index is 13.9. The number of hydrogen-bond acceptors (Lipinski definition) is 3. The molecule has 3 nitrogen and oxygen atoms in total. The molecule has 29 heavy (non-hydrogen) atoms. The number of fused-ring (bicyclic) bond motifs is 4. The first-order chi connectivity index (χ1) is 14.1. The van der Waals surface area contributed by atoms with Gasteiger partial charge in [0.2, 0.25) is 0 Å². The van der Waals surface area contributed by atoms with Gasteiger partial charge in [0.05, 0.1) is 11.3 Å². The number of benzene rings is 1. The van der Waals surface area contributed by atoms with E-state index in [-0.39, 0.29) is 11.0 Å². The highest BCUT2D eigenvalue weighted by Crippen LogP contribution is 2.49. The van der Waals surface area contributed by atoms with Crippen LogP contribution in [0.3, 0.4) is 0 Å². The number of rotatable bonds is 7. The van der Waals surface area contributed by atoms with Crippen molar-refractivity contribution in [3.05, 3.63) is 57.9 Å². The summed E-state index contributed by atoms with van der Waals surface area (Å²) in [7, 11) is 0. The first-order valence-corrected chi connectivity index (χ1v) is 12.0. The van der Waals surface area contributed by atoms with Gasteiger partial charge >= 0.3 is 0 Å². The Balaban J connectivity index is 1.89. The molecule has 0 N–H and O–H groups in total. The van der Waals surface area contributed by atoms with Crippen LogP contribution in [0.4, 0.5) is 0 Å². The summed E-state index contributed by atoms with van der Waals surface area (Å²) >= 11 is 1.73. The highest BCUT2D eigenvalue weighted by Gasteiger charge is 2.44. The van der Waals surface area contributed by atoms with Crippen molar-refractivity contribution in [3.8, 4) is 11.3 Å². The van der Waals surface area contributed by atoms with E-state index >= 15 is 0 Å². The second kappa shape index (κ2) is 8.51. The largest absolute Gasteiger partial charge is 0.283 e. The summed E-state index contributed by atoms with van der Waals surface area (Å²) in [4.78, 5) is 19.1. The molecule has 0 radical (unpaired) electrons. The monoisotopic (exact) mass is 408 g/mol. The van der Waals surface area contributed by atoms with Crippen LogP contribution in [0.5, 0.6) is 0 Å². The molecule has 0 amide bonds. The molecule has 1 saturated carbocycles.